The van der Waals surface area contributed by atoms with Crippen molar-refractivity contribution in [1.29, 1.82) is 0 Å². The molecule has 0 aromatic carbocycles. The van der Waals surface area contributed by atoms with Crippen LogP contribution in [0.25, 0.3) is 0 Å². The summed E-state index contributed by atoms with van der Waals surface area (Å²) in [6.45, 7) is 3.50. The van der Waals surface area contributed by atoms with Crippen molar-refractivity contribution in [3.63, 3.8) is 0 Å². The van der Waals surface area contributed by atoms with Gasteiger partial charge in [0, 0.05) is 6.04 Å². The molecule has 0 radical (unpaired) electrons. The monoisotopic (exact) mass is 263 g/mol. The van der Waals surface area contributed by atoms with Crippen molar-refractivity contribution in [2.45, 2.75) is 44.2 Å². The average Bonchev–Trinajstić information content (AvgIpc) is 2.54. The Morgan fingerprint density at radius 1 is 1.44 bits per heavy atom. The lowest BCUT2D eigenvalue weighted by Gasteiger charge is -2.05. The highest BCUT2D eigenvalue weighted by Gasteiger charge is 2.44. The number of halogens is 3. The lowest BCUT2D eigenvalue weighted by Crippen LogP contribution is -2.21. The molecular weight excluding hydrogens is 247 g/mol. The number of nitrogens with one attached hydrogen (secondary N) is 1. The Morgan fingerprint density at radius 2 is 1.94 bits per heavy atom. The normalized spacial score (nSPS) is 21.4. The van der Waals surface area contributed by atoms with Gasteiger partial charge in [0.15, 0.2) is 0 Å². The molecule has 8 heteroatoms. The summed E-state index contributed by atoms with van der Waals surface area (Å²) in [5, 5.41) is 3.46. The molecule has 0 aliphatic carbocycles. The minimum Gasteiger partial charge on any atom is -0.314 e. The quantitative estimate of drug-likeness (QED) is 0.590. The van der Waals surface area contributed by atoms with Crippen molar-refractivity contribution < 1.29 is 26.1 Å². The molecule has 1 unspecified atom stereocenters. The van der Waals surface area contributed by atoms with Gasteiger partial charge in [0.05, 0.1) is 0 Å². The molecule has 0 spiro atoms. The van der Waals surface area contributed by atoms with E-state index in [4.69, 9.17) is 13.0 Å². The third-order valence-electron chi connectivity index (χ3n) is 2.09. The summed E-state index contributed by atoms with van der Waals surface area (Å²) in [7, 11) is -5.84. The van der Waals surface area contributed by atoms with Crippen LogP contribution in [0.1, 0.15) is 32.6 Å². The molecule has 1 atom stereocenters. The van der Waals surface area contributed by atoms with E-state index in [0.717, 1.165) is 6.04 Å². The van der Waals surface area contributed by atoms with Crippen LogP contribution in [0.3, 0.4) is 0 Å². The van der Waals surface area contributed by atoms with Crippen LogP contribution in [-0.2, 0) is 10.1 Å². The fourth-order valence-corrected chi connectivity index (χ4v) is 1.35. The minimum atomic E-state index is -5.84. The Kier molecular flexibility index (Phi) is 6.27. The third kappa shape index (κ3) is 6.29. The van der Waals surface area contributed by atoms with E-state index in [9.17, 15) is 13.2 Å². The Balaban J connectivity index is 0.000000281. The first-order valence-corrected chi connectivity index (χ1v) is 6.39. The highest BCUT2D eigenvalue weighted by Crippen LogP contribution is 2.20. The molecule has 4 nitrogen and oxygen atoms in total. The topological polar surface area (TPSA) is 66.4 Å². The van der Waals surface area contributed by atoms with Gasteiger partial charge >= 0.3 is 15.6 Å². The van der Waals surface area contributed by atoms with Gasteiger partial charge in [-0.2, -0.15) is 21.6 Å². The van der Waals surface area contributed by atoms with E-state index in [0.29, 0.717) is 0 Å². The fourth-order valence-electron chi connectivity index (χ4n) is 1.35. The van der Waals surface area contributed by atoms with Crippen LogP contribution in [0.15, 0.2) is 0 Å². The van der Waals surface area contributed by atoms with E-state index in [2.05, 4.69) is 12.2 Å². The van der Waals surface area contributed by atoms with Crippen LogP contribution >= 0.6 is 0 Å². The molecule has 0 saturated carbocycles. The number of alkyl halides is 3. The highest BCUT2D eigenvalue weighted by atomic mass is 32.2. The zero-order valence-corrected chi connectivity index (χ0v) is 9.74. The van der Waals surface area contributed by atoms with E-state index in [1.807, 2.05) is 0 Å². The Morgan fingerprint density at radius 3 is 2.19 bits per heavy atom. The molecule has 2 N–H and O–H groups in total. The zero-order valence-electron chi connectivity index (χ0n) is 8.92. The lowest BCUT2D eigenvalue weighted by atomic mass is 10.1. The van der Waals surface area contributed by atoms with E-state index in [1.165, 1.54) is 32.2 Å². The van der Waals surface area contributed by atoms with E-state index < -0.39 is 15.6 Å². The summed E-state index contributed by atoms with van der Waals surface area (Å²) >= 11 is 0. The largest absolute Gasteiger partial charge is 0.522 e. The number of rotatable bonds is 2. The minimum absolute atomic E-state index is 0.861. The fraction of sp³-hybridized carbons (Fsp3) is 1.00. The van der Waals surface area contributed by atoms with Crippen molar-refractivity contribution in [3.05, 3.63) is 0 Å². The van der Waals surface area contributed by atoms with Gasteiger partial charge in [-0.1, -0.05) is 13.3 Å². The third-order valence-corrected chi connectivity index (χ3v) is 2.68. The first kappa shape index (κ1) is 15.7. The van der Waals surface area contributed by atoms with Crippen LogP contribution in [0, 0.1) is 0 Å². The predicted octanol–water partition coefficient (Wildman–Crippen LogP) is 1.93. The maximum atomic E-state index is 10.7. The molecule has 1 saturated heterocycles. The molecule has 1 rings (SSSR count). The van der Waals surface area contributed by atoms with Crippen LogP contribution in [0.5, 0.6) is 0 Å². The zero-order chi connectivity index (χ0) is 12.8. The van der Waals surface area contributed by atoms with Gasteiger partial charge in [-0.3, -0.25) is 4.55 Å². The van der Waals surface area contributed by atoms with E-state index in [-0.39, 0.29) is 0 Å². The molecule has 1 heterocycles. The van der Waals surface area contributed by atoms with Gasteiger partial charge in [-0.25, -0.2) is 0 Å². The van der Waals surface area contributed by atoms with Gasteiger partial charge in [0.1, 0.15) is 0 Å². The van der Waals surface area contributed by atoms with Gasteiger partial charge < -0.3 is 5.32 Å². The van der Waals surface area contributed by atoms with Gasteiger partial charge in [-0.15, -0.1) is 0 Å². The van der Waals surface area contributed by atoms with E-state index >= 15 is 0 Å². The van der Waals surface area contributed by atoms with Gasteiger partial charge in [0.25, 0.3) is 0 Å². The second-order valence-electron chi connectivity index (χ2n) is 3.50. The smallest absolute Gasteiger partial charge is 0.314 e. The van der Waals surface area contributed by atoms with Crippen molar-refractivity contribution in [1.82, 2.24) is 5.32 Å². The second-order valence-corrected chi connectivity index (χ2v) is 4.92. The van der Waals surface area contributed by atoms with Crippen molar-refractivity contribution in [3.8, 4) is 0 Å². The molecule has 0 aromatic heterocycles. The van der Waals surface area contributed by atoms with Crippen LogP contribution in [-0.4, -0.2) is 31.1 Å². The van der Waals surface area contributed by atoms with Crippen LogP contribution in [0.4, 0.5) is 13.2 Å². The molecule has 1 aliphatic heterocycles. The number of hydrogen-bond donors (Lipinski definition) is 2. The van der Waals surface area contributed by atoms with Crippen LogP contribution in [0.2, 0.25) is 0 Å². The van der Waals surface area contributed by atoms with E-state index in [1.54, 1.807) is 0 Å². The standard InChI is InChI=1S/C7H15N.CHF3O3S/c1-2-4-7-5-3-6-8-7;2-1(3,4)8(5,6)7/h7-8H,2-6H2,1H3;(H,5,6,7). The Bertz CT molecular complexity index is 283. The maximum Gasteiger partial charge on any atom is 0.522 e. The molecule has 16 heavy (non-hydrogen) atoms. The summed E-state index contributed by atoms with van der Waals surface area (Å²) < 4.78 is 57.5. The molecule has 1 fully saturated rings. The molecule has 0 bridgehead atoms. The Hall–Kier alpha value is -0.340. The van der Waals surface area contributed by atoms with Crippen molar-refractivity contribution in [2.24, 2.45) is 0 Å². The van der Waals surface area contributed by atoms with Crippen LogP contribution < -0.4 is 5.32 Å². The predicted molar refractivity (Wildman–Crippen MR) is 53.5 cm³/mol. The van der Waals surface area contributed by atoms with Gasteiger partial charge in [-0.05, 0) is 25.8 Å². The highest BCUT2D eigenvalue weighted by molar-refractivity contribution is 7.86. The summed E-state index contributed by atoms with van der Waals surface area (Å²) in [4.78, 5) is 0. The van der Waals surface area contributed by atoms with Crippen molar-refractivity contribution in [2.75, 3.05) is 6.54 Å². The molecule has 0 amide bonds. The molecule has 98 valence electrons. The summed E-state index contributed by atoms with van der Waals surface area (Å²) in [5.74, 6) is 0. The van der Waals surface area contributed by atoms with Gasteiger partial charge in [0.2, 0.25) is 0 Å². The summed E-state index contributed by atoms with van der Waals surface area (Å²) in [6.07, 6.45) is 5.51. The second kappa shape index (κ2) is 6.41. The lowest BCUT2D eigenvalue weighted by molar-refractivity contribution is -0.0510. The average molecular weight is 263 g/mol. The van der Waals surface area contributed by atoms with Crippen molar-refractivity contribution >= 4 is 10.1 Å². The SMILES string of the molecule is CCCC1CCCN1.O=S(=O)(O)C(F)(F)F. The summed E-state index contributed by atoms with van der Waals surface area (Å²) in [6, 6.07) is 0.861. The number of hydrogen-bond acceptors (Lipinski definition) is 3. The first-order valence-electron chi connectivity index (χ1n) is 4.95. The maximum absolute atomic E-state index is 10.7. The molecule has 1 aliphatic rings. The molecule has 0 aromatic rings. The Labute approximate surface area is 93.0 Å². The summed E-state index contributed by atoms with van der Waals surface area (Å²) in [5.41, 5.74) is -5.53. The molecular formula is C8H16F3NO3S. The first-order chi connectivity index (χ1) is 7.18.